The Bertz CT molecular complexity index is 1710. The highest BCUT2D eigenvalue weighted by molar-refractivity contribution is 9.10. The Morgan fingerprint density at radius 2 is 2.02 bits per heavy atom. The van der Waals surface area contributed by atoms with E-state index in [0.29, 0.717) is 46.7 Å². The molecule has 1 saturated carbocycles. The number of ether oxygens (including phenoxy) is 1. The average molecular weight is 621 g/mol. The molecular weight excluding hydrogens is 590 g/mol. The van der Waals surface area contributed by atoms with Gasteiger partial charge in [-0.15, -0.1) is 0 Å². The van der Waals surface area contributed by atoms with Crippen LogP contribution in [0.25, 0.3) is 21.9 Å². The molecular formula is C29H30BrN7O4. The Labute approximate surface area is 244 Å². The molecule has 12 heteroatoms. The van der Waals surface area contributed by atoms with Gasteiger partial charge in [-0.05, 0) is 77.4 Å². The molecule has 2 aliphatic rings. The molecule has 0 bridgehead atoms. The van der Waals surface area contributed by atoms with Crippen LogP contribution in [0, 0.1) is 5.41 Å². The summed E-state index contributed by atoms with van der Waals surface area (Å²) in [5.74, 6) is 0.0630. The van der Waals surface area contributed by atoms with Crippen LogP contribution in [0.3, 0.4) is 0 Å². The maximum atomic E-state index is 14.0. The summed E-state index contributed by atoms with van der Waals surface area (Å²) in [4.78, 5) is 54.0. The first-order valence-electron chi connectivity index (χ1n) is 13.6. The lowest BCUT2D eigenvalue weighted by Crippen LogP contribution is -2.46. The van der Waals surface area contributed by atoms with E-state index >= 15 is 0 Å². The molecule has 1 aliphatic heterocycles. The van der Waals surface area contributed by atoms with Crippen molar-refractivity contribution < 1.29 is 19.1 Å². The third kappa shape index (κ3) is 5.01. The standard InChI is InChI=1S/C29H30BrN7O4/c1-3-41-24(39)10-8-16-7-9-18-17(11-16)25-26(31)32-15-33-27(25)36(18)14-23(38)37-19(12-29(2)13-20(29)37)28(40)35-22-6-4-5-21(30)34-22/h4-7,9,11,15,19-20H,3,8,10,12-14H2,1-2H3,(H2,31,32,33)(H,34,35,40)/t19-,20+,29-/m0/s1. The van der Waals surface area contributed by atoms with Crippen molar-refractivity contribution in [2.24, 2.45) is 5.41 Å². The normalized spacial score (nSPS) is 21.2. The van der Waals surface area contributed by atoms with Crippen molar-refractivity contribution in [3.8, 4) is 0 Å². The molecule has 41 heavy (non-hydrogen) atoms. The molecule has 0 unspecified atom stereocenters. The molecule has 4 aromatic rings. The molecule has 2 fully saturated rings. The van der Waals surface area contributed by atoms with Gasteiger partial charge in [0.15, 0.2) is 0 Å². The van der Waals surface area contributed by atoms with E-state index in [2.05, 4.69) is 43.1 Å². The molecule has 1 aromatic carbocycles. The Morgan fingerprint density at radius 1 is 1.20 bits per heavy atom. The fourth-order valence-electron chi connectivity index (χ4n) is 6.05. The molecule has 1 aliphatic carbocycles. The maximum Gasteiger partial charge on any atom is 0.306 e. The Kier molecular flexibility index (Phi) is 6.88. The number of nitrogens with zero attached hydrogens (tertiary/aromatic N) is 5. The molecule has 0 spiro atoms. The second-order valence-corrected chi connectivity index (χ2v) is 11.7. The zero-order valence-electron chi connectivity index (χ0n) is 22.8. The first-order chi connectivity index (χ1) is 19.7. The summed E-state index contributed by atoms with van der Waals surface area (Å²) >= 11 is 3.33. The first-order valence-corrected chi connectivity index (χ1v) is 14.4. The van der Waals surface area contributed by atoms with Crippen LogP contribution in [-0.2, 0) is 32.1 Å². The van der Waals surface area contributed by atoms with E-state index < -0.39 is 6.04 Å². The third-order valence-electron chi connectivity index (χ3n) is 8.14. The summed E-state index contributed by atoms with van der Waals surface area (Å²) in [7, 11) is 0. The predicted molar refractivity (Wildman–Crippen MR) is 157 cm³/mol. The van der Waals surface area contributed by atoms with Crippen molar-refractivity contribution >= 4 is 67.3 Å². The van der Waals surface area contributed by atoms with E-state index in [9.17, 15) is 14.4 Å². The predicted octanol–water partition coefficient (Wildman–Crippen LogP) is 3.84. The van der Waals surface area contributed by atoms with Gasteiger partial charge in [0, 0.05) is 17.8 Å². The number of pyridine rings is 1. The molecule has 4 heterocycles. The molecule has 3 atom stereocenters. The van der Waals surface area contributed by atoms with Crippen LogP contribution in [-0.4, -0.2) is 60.9 Å². The molecule has 1 saturated heterocycles. The van der Waals surface area contributed by atoms with Crippen LogP contribution >= 0.6 is 15.9 Å². The number of halogens is 1. The summed E-state index contributed by atoms with van der Waals surface area (Å²) in [5, 5.41) is 4.34. The lowest BCUT2D eigenvalue weighted by Gasteiger charge is -2.27. The number of benzene rings is 1. The fraction of sp³-hybridized carbons (Fsp3) is 0.379. The third-order valence-corrected chi connectivity index (χ3v) is 8.58. The highest BCUT2D eigenvalue weighted by Gasteiger charge is 2.64. The number of nitrogen functional groups attached to an aromatic ring is 1. The lowest BCUT2D eigenvalue weighted by atomic mass is 10.0. The molecule has 6 rings (SSSR count). The number of anilines is 2. The number of aryl methyl sites for hydroxylation is 1. The topological polar surface area (TPSA) is 145 Å². The van der Waals surface area contributed by atoms with E-state index in [1.54, 1.807) is 30.0 Å². The van der Waals surface area contributed by atoms with Gasteiger partial charge < -0.3 is 25.3 Å². The number of hydrogen-bond donors (Lipinski definition) is 2. The highest BCUT2D eigenvalue weighted by atomic mass is 79.9. The van der Waals surface area contributed by atoms with Crippen LogP contribution < -0.4 is 11.1 Å². The van der Waals surface area contributed by atoms with Gasteiger partial charge in [-0.1, -0.05) is 19.1 Å². The number of esters is 1. The van der Waals surface area contributed by atoms with E-state index in [4.69, 9.17) is 10.5 Å². The number of aromatic nitrogens is 4. The number of hydrogen-bond acceptors (Lipinski definition) is 8. The van der Waals surface area contributed by atoms with Gasteiger partial charge in [-0.3, -0.25) is 14.4 Å². The maximum absolute atomic E-state index is 14.0. The molecule has 212 valence electrons. The second kappa shape index (κ2) is 10.4. The zero-order valence-corrected chi connectivity index (χ0v) is 24.3. The van der Waals surface area contributed by atoms with Crippen molar-refractivity contribution in [3.63, 3.8) is 0 Å². The van der Waals surface area contributed by atoms with Gasteiger partial charge in [0.05, 0.1) is 17.5 Å². The lowest BCUT2D eigenvalue weighted by molar-refractivity contribution is -0.143. The van der Waals surface area contributed by atoms with Crippen molar-refractivity contribution in [1.82, 2.24) is 24.4 Å². The summed E-state index contributed by atoms with van der Waals surface area (Å²) < 4.78 is 7.51. The van der Waals surface area contributed by atoms with Crippen LogP contribution in [0.1, 0.15) is 38.7 Å². The number of carbonyl (C=O) groups excluding carboxylic acids is 3. The first kappa shape index (κ1) is 27.1. The Balaban J connectivity index is 1.30. The van der Waals surface area contributed by atoms with Gasteiger partial charge >= 0.3 is 5.97 Å². The zero-order chi connectivity index (χ0) is 28.9. The molecule has 2 amide bonds. The minimum atomic E-state index is -0.603. The van der Waals surface area contributed by atoms with Crippen molar-refractivity contribution in [1.29, 1.82) is 0 Å². The van der Waals surface area contributed by atoms with Gasteiger partial charge in [0.25, 0.3) is 0 Å². The Morgan fingerprint density at radius 3 is 2.80 bits per heavy atom. The molecule has 11 nitrogen and oxygen atoms in total. The average Bonchev–Trinajstić information content (AvgIpc) is 3.34. The van der Waals surface area contributed by atoms with Crippen LogP contribution in [0.2, 0.25) is 0 Å². The summed E-state index contributed by atoms with van der Waals surface area (Å²) in [6, 6.07) is 10.5. The van der Waals surface area contributed by atoms with E-state index in [0.717, 1.165) is 22.9 Å². The SMILES string of the molecule is CCOC(=O)CCc1ccc2c(c1)c1c(N)ncnc1n2CC(=O)N1[C@H](C(=O)Nc2cccc(Br)n2)C[C@@]2(C)C[C@@H]12. The number of carbonyl (C=O) groups is 3. The van der Waals surface area contributed by atoms with E-state index in [1.807, 2.05) is 22.8 Å². The number of nitrogens with one attached hydrogen (secondary N) is 1. The summed E-state index contributed by atoms with van der Waals surface area (Å²) in [6.07, 6.45) is 3.61. The Hall–Kier alpha value is -4.06. The minimum absolute atomic E-state index is 0.00323. The van der Waals surface area contributed by atoms with Crippen molar-refractivity contribution in [2.45, 2.75) is 58.2 Å². The van der Waals surface area contributed by atoms with E-state index in [-0.39, 0.29) is 42.2 Å². The number of amides is 2. The quantitative estimate of drug-likeness (QED) is 0.223. The molecule has 0 radical (unpaired) electrons. The number of likely N-dealkylation sites (tertiary alicyclic amines) is 1. The molecule has 3 aromatic heterocycles. The second-order valence-electron chi connectivity index (χ2n) is 10.9. The number of nitrogens with two attached hydrogens (primary N) is 1. The smallest absolute Gasteiger partial charge is 0.306 e. The van der Waals surface area contributed by atoms with Crippen LogP contribution in [0.4, 0.5) is 11.6 Å². The monoisotopic (exact) mass is 619 g/mol. The summed E-state index contributed by atoms with van der Waals surface area (Å²) in [5.41, 5.74) is 8.47. The number of piperidine rings is 1. The van der Waals surface area contributed by atoms with Gasteiger partial charge in [0.2, 0.25) is 11.8 Å². The van der Waals surface area contributed by atoms with Gasteiger partial charge in [-0.2, -0.15) is 0 Å². The van der Waals surface area contributed by atoms with Crippen LogP contribution in [0.15, 0.2) is 47.3 Å². The number of rotatable bonds is 8. The largest absolute Gasteiger partial charge is 0.466 e. The van der Waals surface area contributed by atoms with Crippen molar-refractivity contribution in [2.75, 3.05) is 17.7 Å². The van der Waals surface area contributed by atoms with Gasteiger partial charge in [0.1, 0.15) is 40.8 Å². The summed E-state index contributed by atoms with van der Waals surface area (Å²) in [6.45, 7) is 4.23. The molecule has 3 N–H and O–H groups in total. The number of fused-ring (bicyclic) bond motifs is 4. The highest BCUT2D eigenvalue weighted by Crippen LogP contribution is 2.59. The van der Waals surface area contributed by atoms with Gasteiger partial charge in [-0.25, -0.2) is 15.0 Å². The van der Waals surface area contributed by atoms with E-state index in [1.165, 1.54) is 6.33 Å². The minimum Gasteiger partial charge on any atom is -0.466 e. The van der Waals surface area contributed by atoms with Crippen molar-refractivity contribution in [3.05, 3.63) is 52.9 Å². The van der Waals surface area contributed by atoms with Crippen LogP contribution in [0.5, 0.6) is 0 Å². The fourth-order valence-corrected chi connectivity index (χ4v) is 6.39.